The van der Waals surface area contributed by atoms with E-state index >= 15 is 0 Å². The van der Waals surface area contributed by atoms with Crippen LogP contribution < -0.4 is 4.74 Å². The summed E-state index contributed by atoms with van der Waals surface area (Å²) in [5, 5.41) is 13.6. The van der Waals surface area contributed by atoms with Crippen LogP contribution in [0, 0.1) is 13.8 Å². The van der Waals surface area contributed by atoms with Crippen LogP contribution in [0.25, 0.3) is 5.69 Å². The molecule has 0 aliphatic rings. The predicted molar refractivity (Wildman–Crippen MR) is 74.2 cm³/mol. The van der Waals surface area contributed by atoms with Gasteiger partial charge in [-0.1, -0.05) is 0 Å². The van der Waals surface area contributed by atoms with E-state index in [1.807, 2.05) is 13.8 Å². The first-order valence-electron chi connectivity index (χ1n) is 5.59. The molecule has 0 atom stereocenters. The smallest absolute Gasteiger partial charge is 0.337 e. The summed E-state index contributed by atoms with van der Waals surface area (Å²) in [6.45, 7) is 3.73. The maximum absolute atomic E-state index is 11.3. The van der Waals surface area contributed by atoms with E-state index in [0.717, 1.165) is 15.9 Å². The summed E-state index contributed by atoms with van der Waals surface area (Å²) in [5.74, 6) is -0.412. The number of hydrogen-bond donors (Lipinski definition) is 1. The minimum Gasteiger partial charge on any atom is -0.497 e. The van der Waals surface area contributed by atoms with Gasteiger partial charge in [0.2, 0.25) is 0 Å². The van der Waals surface area contributed by atoms with E-state index in [1.165, 1.54) is 13.2 Å². The molecule has 0 aliphatic carbocycles. The average Bonchev–Trinajstić information content (AvgIpc) is 2.65. The second kappa shape index (κ2) is 5.05. The molecule has 0 spiro atoms. The zero-order valence-electron chi connectivity index (χ0n) is 10.8. The van der Waals surface area contributed by atoms with Crippen LogP contribution >= 0.6 is 15.9 Å². The maximum Gasteiger partial charge on any atom is 0.337 e. The number of ether oxygens (including phenoxy) is 1. The summed E-state index contributed by atoms with van der Waals surface area (Å²) in [6, 6.07) is 4.80. The van der Waals surface area contributed by atoms with E-state index in [2.05, 4.69) is 21.0 Å². The number of halogens is 1. The van der Waals surface area contributed by atoms with Crippen molar-refractivity contribution in [2.75, 3.05) is 7.11 Å². The molecule has 0 aliphatic heterocycles. The highest BCUT2D eigenvalue weighted by atomic mass is 79.9. The Balaban J connectivity index is 2.71. The van der Waals surface area contributed by atoms with Crippen LogP contribution in [0.3, 0.4) is 0 Å². The summed E-state index contributed by atoms with van der Waals surface area (Å²) >= 11 is 3.43. The number of carboxylic acids is 1. The largest absolute Gasteiger partial charge is 0.497 e. The Hall–Kier alpha value is -1.82. The first-order chi connectivity index (χ1) is 8.95. The highest BCUT2D eigenvalue weighted by molar-refractivity contribution is 9.10. The van der Waals surface area contributed by atoms with Crippen LogP contribution in [0.4, 0.5) is 0 Å². The van der Waals surface area contributed by atoms with Gasteiger partial charge in [0.25, 0.3) is 0 Å². The van der Waals surface area contributed by atoms with Gasteiger partial charge >= 0.3 is 5.97 Å². The fourth-order valence-corrected chi connectivity index (χ4v) is 2.10. The Morgan fingerprint density at radius 1 is 1.42 bits per heavy atom. The van der Waals surface area contributed by atoms with Gasteiger partial charge in [0.15, 0.2) is 0 Å². The number of methoxy groups -OCH3 is 1. The molecule has 1 aromatic carbocycles. The highest BCUT2D eigenvalue weighted by Crippen LogP contribution is 2.27. The molecule has 0 saturated carbocycles. The maximum atomic E-state index is 11.3. The summed E-state index contributed by atoms with van der Waals surface area (Å²) < 4.78 is 7.61. The van der Waals surface area contributed by atoms with Crippen LogP contribution in [0.5, 0.6) is 5.75 Å². The van der Waals surface area contributed by atoms with E-state index < -0.39 is 5.97 Å². The molecule has 0 bridgehead atoms. The lowest BCUT2D eigenvalue weighted by Gasteiger charge is -2.10. The lowest BCUT2D eigenvalue weighted by atomic mass is 10.1. The molecule has 2 rings (SSSR count). The molecule has 2 aromatic rings. The van der Waals surface area contributed by atoms with Crippen molar-refractivity contribution in [2.45, 2.75) is 13.8 Å². The number of aromatic nitrogens is 2. The van der Waals surface area contributed by atoms with Gasteiger partial charge in [-0.3, -0.25) is 0 Å². The number of carboxylic acid groups (broad SMARTS) is 1. The van der Waals surface area contributed by atoms with Crippen molar-refractivity contribution in [3.8, 4) is 11.4 Å². The van der Waals surface area contributed by atoms with Crippen LogP contribution in [0.15, 0.2) is 22.7 Å². The predicted octanol–water partition coefficient (Wildman–Crippen LogP) is 2.96. The van der Waals surface area contributed by atoms with Gasteiger partial charge in [0.05, 0.1) is 34.2 Å². The van der Waals surface area contributed by atoms with E-state index in [0.29, 0.717) is 11.4 Å². The third-order valence-electron chi connectivity index (χ3n) is 2.87. The molecule has 1 aromatic heterocycles. The van der Waals surface area contributed by atoms with Gasteiger partial charge < -0.3 is 9.84 Å². The Kier molecular flexibility index (Phi) is 3.61. The number of rotatable bonds is 3. The number of hydrogen-bond acceptors (Lipinski definition) is 3. The van der Waals surface area contributed by atoms with Crippen molar-refractivity contribution in [1.29, 1.82) is 0 Å². The summed E-state index contributed by atoms with van der Waals surface area (Å²) in [5.41, 5.74) is 2.31. The topological polar surface area (TPSA) is 64.3 Å². The van der Waals surface area contributed by atoms with Crippen molar-refractivity contribution < 1.29 is 14.6 Å². The number of carbonyl (C=O) groups is 1. The minimum atomic E-state index is -0.999. The van der Waals surface area contributed by atoms with Crippen LogP contribution in [-0.4, -0.2) is 28.0 Å². The van der Waals surface area contributed by atoms with E-state index in [4.69, 9.17) is 4.74 Å². The van der Waals surface area contributed by atoms with Crippen molar-refractivity contribution in [3.05, 3.63) is 39.6 Å². The highest BCUT2D eigenvalue weighted by Gasteiger charge is 2.17. The molecular formula is C13H13BrN2O3. The quantitative estimate of drug-likeness (QED) is 0.942. The third-order valence-corrected chi connectivity index (χ3v) is 4.01. The Labute approximate surface area is 118 Å². The SMILES string of the molecule is COc1ccc(C(=O)O)c(-n2nc(C)c(Br)c2C)c1. The molecular weight excluding hydrogens is 312 g/mol. The van der Waals surface area contributed by atoms with Gasteiger partial charge in [-0.15, -0.1) is 0 Å². The van der Waals surface area contributed by atoms with Crippen LogP contribution in [0.1, 0.15) is 21.7 Å². The molecule has 100 valence electrons. The van der Waals surface area contributed by atoms with Gasteiger partial charge in [-0.25, -0.2) is 9.48 Å². The molecule has 0 amide bonds. The molecule has 19 heavy (non-hydrogen) atoms. The molecule has 0 unspecified atom stereocenters. The first-order valence-corrected chi connectivity index (χ1v) is 6.38. The second-order valence-electron chi connectivity index (χ2n) is 4.08. The van der Waals surface area contributed by atoms with Crippen molar-refractivity contribution >= 4 is 21.9 Å². The fraction of sp³-hybridized carbons (Fsp3) is 0.231. The zero-order chi connectivity index (χ0) is 14.2. The summed E-state index contributed by atoms with van der Waals surface area (Å²) in [7, 11) is 1.54. The van der Waals surface area contributed by atoms with Crippen LogP contribution in [0.2, 0.25) is 0 Å². The second-order valence-corrected chi connectivity index (χ2v) is 4.88. The van der Waals surface area contributed by atoms with E-state index in [-0.39, 0.29) is 5.56 Å². The van der Waals surface area contributed by atoms with Gasteiger partial charge in [0.1, 0.15) is 5.75 Å². The molecule has 5 nitrogen and oxygen atoms in total. The number of benzene rings is 1. The van der Waals surface area contributed by atoms with Crippen molar-refractivity contribution in [1.82, 2.24) is 9.78 Å². The Bertz CT molecular complexity index is 650. The Morgan fingerprint density at radius 3 is 2.58 bits per heavy atom. The third kappa shape index (κ3) is 2.35. The van der Waals surface area contributed by atoms with Gasteiger partial charge in [-0.05, 0) is 41.9 Å². The molecule has 0 saturated heterocycles. The van der Waals surface area contributed by atoms with E-state index in [9.17, 15) is 9.90 Å². The molecule has 1 heterocycles. The van der Waals surface area contributed by atoms with E-state index in [1.54, 1.807) is 16.8 Å². The average molecular weight is 325 g/mol. The minimum absolute atomic E-state index is 0.180. The fourth-order valence-electron chi connectivity index (χ4n) is 1.85. The summed E-state index contributed by atoms with van der Waals surface area (Å²) in [6.07, 6.45) is 0. The van der Waals surface area contributed by atoms with Gasteiger partial charge in [0, 0.05) is 6.07 Å². The number of nitrogens with zero attached hydrogens (tertiary/aromatic N) is 2. The first kappa shape index (κ1) is 13.6. The molecule has 0 radical (unpaired) electrons. The number of aryl methyl sites for hydroxylation is 1. The standard InChI is InChI=1S/C13H13BrN2O3/c1-7-12(14)8(2)16(15-7)11-6-9(19-3)4-5-10(11)13(17)18/h4-6H,1-3H3,(H,17,18). The van der Waals surface area contributed by atoms with Crippen molar-refractivity contribution in [2.24, 2.45) is 0 Å². The Morgan fingerprint density at radius 2 is 2.11 bits per heavy atom. The lowest BCUT2D eigenvalue weighted by Crippen LogP contribution is -2.08. The lowest BCUT2D eigenvalue weighted by molar-refractivity contribution is 0.0696. The normalized spacial score (nSPS) is 10.5. The monoisotopic (exact) mass is 324 g/mol. The number of aromatic carboxylic acids is 1. The van der Waals surface area contributed by atoms with Gasteiger partial charge in [-0.2, -0.15) is 5.10 Å². The molecule has 1 N–H and O–H groups in total. The van der Waals surface area contributed by atoms with Crippen molar-refractivity contribution in [3.63, 3.8) is 0 Å². The van der Waals surface area contributed by atoms with Crippen LogP contribution in [-0.2, 0) is 0 Å². The summed E-state index contributed by atoms with van der Waals surface area (Å²) in [4.78, 5) is 11.3. The zero-order valence-corrected chi connectivity index (χ0v) is 12.4. The molecule has 6 heteroatoms. The molecule has 0 fully saturated rings.